The zero-order chi connectivity index (χ0) is 15.5. The van der Waals surface area contributed by atoms with Crippen molar-refractivity contribution in [3.05, 3.63) is 41.5 Å². The standard InChI is InChI=1S/C14H16N6S2/c1-9-4-5-11(6-10(9)2)17-13-18-19-14(22-13)21-7-12-15-8-16-20(12)3/h4-6,8H,7H2,1-3H3,(H,17,18). The third kappa shape index (κ3) is 3.45. The van der Waals surface area contributed by atoms with Gasteiger partial charge in [-0.05, 0) is 37.1 Å². The van der Waals surface area contributed by atoms with Crippen molar-refractivity contribution in [3.8, 4) is 0 Å². The van der Waals surface area contributed by atoms with Crippen molar-refractivity contribution >= 4 is 33.9 Å². The van der Waals surface area contributed by atoms with Crippen LogP contribution in [0.25, 0.3) is 0 Å². The van der Waals surface area contributed by atoms with Crippen LogP contribution in [0.5, 0.6) is 0 Å². The van der Waals surface area contributed by atoms with E-state index in [-0.39, 0.29) is 0 Å². The topological polar surface area (TPSA) is 68.5 Å². The van der Waals surface area contributed by atoms with Crippen LogP contribution in [0, 0.1) is 13.8 Å². The number of hydrogen-bond donors (Lipinski definition) is 1. The summed E-state index contributed by atoms with van der Waals surface area (Å²) in [6, 6.07) is 6.27. The van der Waals surface area contributed by atoms with E-state index in [0.29, 0.717) is 0 Å². The molecule has 0 saturated heterocycles. The van der Waals surface area contributed by atoms with Gasteiger partial charge in [0.1, 0.15) is 12.2 Å². The van der Waals surface area contributed by atoms with E-state index in [4.69, 9.17) is 0 Å². The van der Waals surface area contributed by atoms with E-state index in [1.807, 2.05) is 7.05 Å². The number of nitrogens with zero attached hydrogens (tertiary/aromatic N) is 5. The average Bonchev–Trinajstić information content (AvgIpc) is 3.10. The maximum absolute atomic E-state index is 4.20. The molecule has 1 N–H and O–H groups in total. The molecule has 0 radical (unpaired) electrons. The van der Waals surface area contributed by atoms with Crippen LogP contribution in [-0.4, -0.2) is 25.0 Å². The number of hydrogen-bond acceptors (Lipinski definition) is 7. The predicted octanol–water partition coefficient (Wildman–Crippen LogP) is 3.32. The molecule has 1 aromatic carbocycles. The van der Waals surface area contributed by atoms with E-state index in [9.17, 15) is 0 Å². The number of aryl methyl sites for hydroxylation is 3. The minimum absolute atomic E-state index is 0.731. The maximum Gasteiger partial charge on any atom is 0.210 e. The van der Waals surface area contributed by atoms with Crippen LogP contribution in [0.3, 0.4) is 0 Å². The molecule has 8 heteroatoms. The van der Waals surface area contributed by atoms with Crippen molar-refractivity contribution in [2.45, 2.75) is 23.9 Å². The molecule has 0 spiro atoms. The van der Waals surface area contributed by atoms with Gasteiger partial charge in [-0.25, -0.2) is 4.98 Å². The fourth-order valence-electron chi connectivity index (χ4n) is 1.84. The quantitative estimate of drug-likeness (QED) is 0.723. The van der Waals surface area contributed by atoms with Gasteiger partial charge in [-0.1, -0.05) is 29.2 Å². The Hall–Kier alpha value is -1.93. The average molecular weight is 332 g/mol. The van der Waals surface area contributed by atoms with Crippen LogP contribution < -0.4 is 5.32 Å². The molecule has 0 aliphatic rings. The Morgan fingerprint density at radius 1 is 1.23 bits per heavy atom. The molecular weight excluding hydrogens is 316 g/mol. The van der Waals surface area contributed by atoms with Gasteiger partial charge in [0.05, 0.1) is 5.75 Å². The molecular formula is C14H16N6S2. The van der Waals surface area contributed by atoms with Crippen LogP contribution in [0.1, 0.15) is 17.0 Å². The first-order chi connectivity index (χ1) is 10.6. The maximum atomic E-state index is 4.20. The van der Waals surface area contributed by atoms with E-state index < -0.39 is 0 Å². The van der Waals surface area contributed by atoms with E-state index in [2.05, 4.69) is 57.6 Å². The van der Waals surface area contributed by atoms with Crippen LogP contribution in [-0.2, 0) is 12.8 Å². The summed E-state index contributed by atoms with van der Waals surface area (Å²) >= 11 is 3.15. The molecule has 6 nitrogen and oxygen atoms in total. The van der Waals surface area contributed by atoms with Gasteiger partial charge in [0, 0.05) is 12.7 Å². The van der Waals surface area contributed by atoms with Crippen molar-refractivity contribution < 1.29 is 0 Å². The molecule has 3 rings (SSSR count). The van der Waals surface area contributed by atoms with Crippen molar-refractivity contribution in [1.82, 2.24) is 25.0 Å². The second-order valence-electron chi connectivity index (χ2n) is 4.89. The normalized spacial score (nSPS) is 10.9. The lowest BCUT2D eigenvalue weighted by atomic mass is 10.1. The van der Waals surface area contributed by atoms with Crippen molar-refractivity contribution in [1.29, 1.82) is 0 Å². The highest BCUT2D eigenvalue weighted by Crippen LogP contribution is 2.29. The van der Waals surface area contributed by atoms with Gasteiger partial charge in [0.2, 0.25) is 5.13 Å². The first kappa shape index (κ1) is 15.0. The Labute approximate surface area is 137 Å². The summed E-state index contributed by atoms with van der Waals surface area (Å²) in [6.07, 6.45) is 1.56. The molecule has 0 amide bonds. The highest BCUT2D eigenvalue weighted by molar-refractivity contribution is 8.00. The lowest BCUT2D eigenvalue weighted by Crippen LogP contribution is -1.97. The molecule has 22 heavy (non-hydrogen) atoms. The number of benzene rings is 1. The van der Waals surface area contributed by atoms with E-state index >= 15 is 0 Å². The van der Waals surface area contributed by atoms with Gasteiger partial charge in [0.15, 0.2) is 4.34 Å². The van der Waals surface area contributed by atoms with Gasteiger partial charge in [0.25, 0.3) is 0 Å². The van der Waals surface area contributed by atoms with E-state index in [0.717, 1.165) is 26.7 Å². The zero-order valence-electron chi connectivity index (χ0n) is 12.6. The Kier molecular flexibility index (Phi) is 4.39. The minimum Gasteiger partial charge on any atom is -0.330 e. The third-order valence-electron chi connectivity index (χ3n) is 3.29. The summed E-state index contributed by atoms with van der Waals surface area (Å²) in [5, 5.41) is 16.5. The summed E-state index contributed by atoms with van der Waals surface area (Å²) in [5.41, 5.74) is 3.57. The monoisotopic (exact) mass is 332 g/mol. The fourth-order valence-corrected chi connectivity index (χ4v) is 3.60. The predicted molar refractivity (Wildman–Crippen MR) is 89.7 cm³/mol. The van der Waals surface area contributed by atoms with Crippen LogP contribution in [0.2, 0.25) is 0 Å². The van der Waals surface area contributed by atoms with Crippen molar-refractivity contribution in [2.75, 3.05) is 5.32 Å². The number of rotatable bonds is 5. The summed E-state index contributed by atoms with van der Waals surface area (Å²) < 4.78 is 2.68. The lowest BCUT2D eigenvalue weighted by Gasteiger charge is -2.05. The fraction of sp³-hybridized carbons (Fsp3) is 0.286. The van der Waals surface area contributed by atoms with Gasteiger partial charge in [-0.3, -0.25) is 4.68 Å². The van der Waals surface area contributed by atoms with Crippen LogP contribution in [0.4, 0.5) is 10.8 Å². The Morgan fingerprint density at radius 2 is 2.09 bits per heavy atom. The zero-order valence-corrected chi connectivity index (χ0v) is 14.2. The van der Waals surface area contributed by atoms with Crippen molar-refractivity contribution in [3.63, 3.8) is 0 Å². The number of nitrogens with one attached hydrogen (secondary N) is 1. The minimum atomic E-state index is 0.731. The van der Waals surface area contributed by atoms with Crippen molar-refractivity contribution in [2.24, 2.45) is 7.05 Å². The van der Waals surface area contributed by atoms with Gasteiger partial charge in [-0.15, -0.1) is 10.2 Å². The molecule has 0 fully saturated rings. The molecule has 0 aliphatic heterocycles. The highest BCUT2D eigenvalue weighted by Gasteiger charge is 2.08. The largest absolute Gasteiger partial charge is 0.330 e. The smallest absolute Gasteiger partial charge is 0.210 e. The molecule has 0 saturated carbocycles. The second kappa shape index (κ2) is 6.45. The second-order valence-corrected chi connectivity index (χ2v) is 7.09. The number of anilines is 2. The molecule has 0 aliphatic carbocycles. The first-order valence-corrected chi connectivity index (χ1v) is 8.55. The van der Waals surface area contributed by atoms with E-state index in [1.54, 1.807) is 22.8 Å². The molecule has 2 aromatic heterocycles. The molecule has 2 heterocycles. The van der Waals surface area contributed by atoms with Crippen LogP contribution >= 0.6 is 23.1 Å². The van der Waals surface area contributed by atoms with E-state index in [1.165, 1.54) is 22.5 Å². The number of aromatic nitrogens is 5. The van der Waals surface area contributed by atoms with Gasteiger partial charge >= 0.3 is 0 Å². The Balaban J connectivity index is 1.63. The molecule has 0 unspecified atom stereocenters. The lowest BCUT2D eigenvalue weighted by molar-refractivity contribution is 0.730. The molecule has 3 aromatic rings. The SMILES string of the molecule is Cc1ccc(Nc2nnc(SCc3ncnn3C)s2)cc1C. The molecule has 0 bridgehead atoms. The summed E-state index contributed by atoms with van der Waals surface area (Å²) in [7, 11) is 1.88. The Bertz CT molecular complexity index is 779. The summed E-state index contributed by atoms with van der Waals surface area (Å²) in [6.45, 7) is 4.20. The van der Waals surface area contributed by atoms with Gasteiger partial charge in [-0.2, -0.15) is 5.10 Å². The number of thioether (sulfide) groups is 1. The van der Waals surface area contributed by atoms with Gasteiger partial charge < -0.3 is 5.32 Å². The molecule has 114 valence electrons. The molecule has 0 atom stereocenters. The third-order valence-corrected chi connectivity index (χ3v) is 5.26. The summed E-state index contributed by atoms with van der Waals surface area (Å²) in [5.74, 6) is 1.65. The first-order valence-electron chi connectivity index (χ1n) is 6.75. The highest BCUT2D eigenvalue weighted by atomic mass is 32.2. The summed E-state index contributed by atoms with van der Waals surface area (Å²) in [4.78, 5) is 4.20. The Morgan fingerprint density at radius 3 is 2.82 bits per heavy atom. The van der Waals surface area contributed by atoms with Crippen LogP contribution in [0.15, 0.2) is 28.9 Å².